The lowest BCUT2D eigenvalue weighted by molar-refractivity contribution is 0.419. The van der Waals surface area contributed by atoms with Gasteiger partial charge in [-0.25, -0.2) is 23.7 Å². The molecule has 0 amide bonds. The van der Waals surface area contributed by atoms with E-state index in [2.05, 4.69) is 62.9 Å². The Morgan fingerprint density at radius 3 is 2.20 bits per heavy atom. The summed E-state index contributed by atoms with van der Waals surface area (Å²) in [4.78, 5) is 16.7. The van der Waals surface area contributed by atoms with Crippen molar-refractivity contribution in [2.75, 3.05) is 24.2 Å². The van der Waals surface area contributed by atoms with Gasteiger partial charge in [-0.1, -0.05) is 65.3 Å². The molecule has 2 aliphatic rings. The zero-order valence-electron chi connectivity index (χ0n) is 28.1. The van der Waals surface area contributed by atoms with Crippen LogP contribution in [0.5, 0.6) is 5.75 Å². The average Bonchev–Trinajstić information content (AvgIpc) is 3.35. The number of thioether (sulfide) groups is 1. The van der Waals surface area contributed by atoms with Crippen LogP contribution in [0, 0.1) is 41.9 Å². The lowest BCUT2D eigenvalue weighted by Crippen LogP contribution is -2.43. The molecule has 4 aromatic rings. The SMILES string of the molecule is CSc1nc(N2CC3CCC(C3)C2)c2c(C)nc(-c3cc(O)cc4ccc(F)c(C#C[Si](C(C)C)(C(C)C)C(C)C)c34)c(F)c2n1. The summed E-state index contributed by atoms with van der Waals surface area (Å²) in [5.41, 5.74) is 6.05. The highest BCUT2D eigenvalue weighted by Gasteiger charge is 2.42. The maximum Gasteiger partial charge on any atom is 0.189 e. The minimum atomic E-state index is -2.21. The molecule has 2 aromatic carbocycles. The minimum absolute atomic E-state index is 0.0232. The van der Waals surface area contributed by atoms with E-state index in [0.717, 1.165) is 18.9 Å². The summed E-state index contributed by atoms with van der Waals surface area (Å²) in [5.74, 6) is 4.13. The largest absolute Gasteiger partial charge is 0.508 e. The Hall–Kier alpha value is -3.22. The second kappa shape index (κ2) is 12.4. The second-order valence-corrected chi connectivity index (χ2v) is 20.6. The molecule has 2 bridgehead atoms. The molecule has 9 heteroatoms. The van der Waals surface area contributed by atoms with Crippen molar-refractivity contribution in [1.29, 1.82) is 0 Å². The average molecular weight is 659 g/mol. The molecule has 2 atom stereocenters. The van der Waals surface area contributed by atoms with Crippen LogP contribution in [0.2, 0.25) is 16.6 Å². The lowest BCUT2D eigenvalue weighted by Gasteiger charge is -2.38. The lowest BCUT2D eigenvalue weighted by atomic mass is 9.95. The van der Waals surface area contributed by atoms with E-state index in [1.165, 1.54) is 43.2 Å². The molecular formula is C37H44F2N4OSSi. The van der Waals surface area contributed by atoms with Crippen LogP contribution in [0.25, 0.3) is 32.9 Å². The number of pyridine rings is 1. The summed E-state index contributed by atoms with van der Waals surface area (Å²) in [7, 11) is -2.21. The van der Waals surface area contributed by atoms with Gasteiger partial charge in [-0.15, -0.1) is 5.54 Å². The predicted molar refractivity (Wildman–Crippen MR) is 189 cm³/mol. The summed E-state index contributed by atoms with van der Waals surface area (Å²) in [6, 6.07) is 6.04. The maximum absolute atomic E-state index is 17.0. The first kappa shape index (κ1) is 32.7. The quantitative estimate of drug-likeness (QED) is 0.0964. The molecule has 2 aromatic heterocycles. The van der Waals surface area contributed by atoms with E-state index in [1.54, 1.807) is 12.1 Å². The molecule has 0 radical (unpaired) electrons. The van der Waals surface area contributed by atoms with Crippen LogP contribution in [-0.4, -0.2) is 47.5 Å². The molecule has 3 heterocycles. The van der Waals surface area contributed by atoms with Crippen molar-refractivity contribution < 1.29 is 13.9 Å². The molecule has 1 N–H and O–H groups in total. The Bertz CT molecular complexity index is 1870. The Morgan fingerprint density at radius 2 is 1.59 bits per heavy atom. The number of hydrogen-bond acceptors (Lipinski definition) is 6. The number of aromatic nitrogens is 3. The third-order valence-corrected chi connectivity index (χ3v) is 17.4. The number of aryl methyl sites for hydroxylation is 1. The van der Waals surface area contributed by atoms with Gasteiger partial charge in [0.15, 0.2) is 11.0 Å². The van der Waals surface area contributed by atoms with E-state index in [4.69, 9.17) is 9.97 Å². The van der Waals surface area contributed by atoms with E-state index in [9.17, 15) is 5.11 Å². The number of anilines is 1. The number of halogens is 2. The highest BCUT2D eigenvalue weighted by molar-refractivity contribution is 7.98. The summed E-state index contributed by atoms with van der Waals surface area (Å²) in [6.45, 7) is 16.9. The van der Waals surface area contributed by atoms with Crippen molar-refractivity contribution >= 4 is 47.3 Å². The number of aromatic hydroxyl groups is 1. The Morgan fingerprint density at radius 1 is 0.935 bits per heavy atom. The van der Waals surface area contributed by atoms with Crippen LogP contribution in [0.1, 0.15) is 72.1 Å². The number of hydrogen-bond donors (Lipinski definition) is 1. The predicted octanol–water partition coefficient (Wildman–Crippen LogP) is 9.66. The van der Waals surface area contributed by atoms with E-state index in [0.29, 0.717) is 61.0 Å². The van der Waals surface area contributed by atoms with Crippen molar-refractivity contribution in [2.45, 2.75) is 89.5 Å². The number of fused-ring (bicyclic) bond motifs is 4. The normalized spacial score (nSPS) is 18.3. The summed E-state index contributed by atoms with van der Waals surface area (Å²) in [6.07, 6.45) is 5.57. The van der Waals surface area contributed by atoms with Gasteiger partial charge in [0.2, 0.25) is 0 Å². The standard InChI is InChI=1S/C37H44F2N4OSSi/c1-20(2)46(21(3)4,22(5)6)14-13-28-30(38)12-11-26-16-27(44)17-29(32(26)28)34-33(39)35-31(23(7)40-34)36(42-37(41-35)45-8)43-18-24-9-10-25(15-24)19-43/h11-12,16-17,20-22,24-25,44H,9-10,15,18-19H2,1-8H3. The summed E-state index contributed by atoms with van der Waals surface area (Å²) < 4.78 is 32.8. The molecule has 46 heavy (non-hydrogen) atoms. The van der Waals surface area contributed by atoms with E-state index in [-0.39, 0.29) is 22.5 Å². The number of phenolic OH excluding ortho intramolecular Hbond substituents is 1. The molecule has 5 nitrogen and oxygen atoms in total. The van der Waals surface area contributed by atoms with Gasteiger partial charge in [-0.3, -0.25) is 0 Å². The van der Waals surface area contributed by atoms with Gasteiger partial charge in [0.05, 0.1) is 16.6 Å². The molecule has 1 saturated carbocycles. The Kier molecular flexibility index (Phi) is 8.83. The topological polar surface area (TPSA) is 62.1 Å². The number of benzene rings is 2. The fourth-order valence-electron chi connectivity index (χ4n) is 8.52. The van der Waals surface area contributed by atoms with Crippen LogP contribution in [0.3, 0.4) is 0 Å². The minimum Gasteiger partial charge on any atom is -0.508 e. The van der Waals surface area contributed by atoms with Gasteiger partial charge in [0, 0.05) is 24.0 Å². The number of rotatable bonds is 6. The first-order valence-electron chi connectivity index (χ1n) is 16.5. The first-order chi connectivity index (χ1) is 21.8. The molecule has 1 aliphatic heterocycles. The monoisotopic (exact) mass is 658 g/mol. The van der Waals surface area contributed by atoms with Gasteiger partial charge in [0.1, 0.15) is 36.7 Å². The Labute approximate surface area is 276 Å². The number of phenols is 1. The summed E-state index contributed by atoms with van der Waals surface area (Å²) >= 11 is 1.38. The summed E-state index contributed by atoms with van der Waals surface area (Å²) in [5, 5.41) is 12.9. The van der Waals surface area contributed by atoms with Crippen molar-refractivity contribution in [3.8, 4) is 28.5 Å². The fourth-order valence-corrected chi connectivity index (χ4v) is 14.1. The molecule has 242 valence electrons. The fraction of sp³-hybridized carbons (Fsp3) is 0.486. The van der Waals surface area contributed by atoms with Gasteiger partial charge >= 0.3 is 0 Å². The maximum atomic E-state index is 17.0. The van der Waals surface area contributed by atoms with E-state index >= 15 is 8.78 Å². The smallest absolute Gasteiger partial charge is 0.189 e. The van der Waals surface area contributed by atoms with Gasteiger partial charge < -0.3 is 10.0 Å². The van der Waals surface area contributed by atoms with Crippen LogP contribution < -0.4 is 4.90 Å². The zero-order chi connectivity index (χ0) is 33.1. The van der Waals surface area contributed by atoms with Crippen LogP contribution >= 0.6 is 11.8 Å². The first-order valence-corrected chi connectivity index (χ1v) is 20.0. The Balaban J connectivity index is 1.61. The van der Waals surface area contributed by atoms with Crippen LogP contribution in [-0.2, 0) is 0 Å². The van der Waals surface area contributed by atoms with E-state index < -0.39 is 19.7 Å². The molecular weight excluding hydrogens is 615 g/mol. The van der Waals surface area contributed by atoms with Gasteiger partial charge in [-0.2, -0.15) is 0 Å². The van der Waals surface area contributed by atoms with E-state index in [1.807, 2.05) is 13.2 Å². The van der Waals surface area contributed by atoms with Crippen molar-refractivity contribution in [3.63, 3.8) is 0 Å². The van der Waals surface area contributed by atoms with Gasteiger partial charge in [-0.05, 0) is 84.5 Å². The highest BCUT2D eigenvalue weighted by Crippen LogP contribution is 2.44. The molecule has 0 spiro atoms. The molecule has 1 aliphatic carbocycles. The molecule has 2 unspecified atom stereocenters. The van der Waals surface area contributed by atoms with Crippen molar-refractivity contribution in [3.05, 3.63) is 47.2 Å². The number of nitrogens with zero attached hydrogens (tertiary/aromatic N) is 4. The zero-order valence-corrected chi connectivity index (χ0v) is 29.9. The van der Waals surface area contributed by atoms with Crippen LogP contribution in [0.15, 0.2) is 29.4 Å². The second-order valence-electron chi connectivity index (χ2n) is 14.2. The highest BCUT2D eigenvalue weighted by atomic mass is 32.2. The number of piperidine rings is 1. The van der Waals surface area contributed by atoms with Crippen molar-refractivity contribution in [2.24, 2.45) is 11.8 Å². The third kappa shape index (κ3) is 5.45. The molecule has 2 fully saturated rings. The van der Waals surface area contributed by atoms with Crippen LogP contribution in [0.4, 0.5) is 14.6 Å². The van der Waals surface area contributed by atoms with Gasteiger partial charge in [0.25, 0.3) is 0 Å². The van der Waals surface area contributed by atoms with Crippen molar-refractivity contribution in [1.82, 2.24) is 15.0 Å². The third-order valence-electron chi connectivity index (χ3n) is 10.6. The molecule has 6 rings (SSSR count). The molecule has 1 saturated heterocycles.